The molecule has 0 heterocycles. The lowest BCUT2D eigenvalue weighted by molar-refractivity contribution is -0.111. The first kappa shape index (κ1) is 12.1. The van der Waals surface area contributed by atoms with Crippen LogP contribution in [0.1, 0.15) is 11.1 Å². The van der Waals surface area contributed by atoms with Crippen LogP contribution in [-0.2, 0) is 11.2 Å². The summed E-state index contributed by atoms with van der Waals surface area (Å²) in [5, 5.41) is 9.03. The van der Waals surface area contributed by atoms with Crippen LogP contribution in [0.3, 0.4) is 0 Å². The monoisotopic (exact) mass is 238 g/mol. The van der Waals surface area contributed by atoms with Crippen LogP contribution in [0.5, 0.6) is 0 Å². The Labute approximate surface area is 107 Å². The highest BCUT2D eigenvalue weighted by Crippen LogP contribution is 2.26. The van der Waals surface area contributed by atoms with Gasteiger partial charge in [0.1, 0.15) is 11.6 Å². The van der Waals surface area contributed by atoms with E-state index in [-0.39, 0.29) is 11.4 Å². The molecule has 0 aliphatic heterocycles. The molecule has 0 unspecified atom stereocenters. The number of fused-ring (bicyclic) bond motifs is 1. The van der Waals surface area contributed by atoms with Crippen molar-refractivity contribution in [3.8, 4) is 6.07 Å². The van der Waals surface area contributed by atoms with Crippen LogP contribution >= 0.6 is 0 Å². The van der Waals surface area contributed by atoms with E-state index in [4.69, 9.17) is 5.26 Å². The van der Waals surface area contributed by atoms with Gasteiger partial charge in [0.2, 0.25) is 5.78 Å². The average Bonchev–Trinajstić information content (AvgIpc) is 2.78. The second-order valence-corrected chi connectivity index (χ2v) is 4.49. The number of rotatable bonds is 3. The summed E-state index contributed by atoms with van der Waals surface area (Å²) in [6, 6.07) is 9.86. The van der Waals surface area contributed by atoms with Gasteiger partial charge in [0, 0.05) is 32.3 Å². The number of benzene rings is 1. The van der Waals surface area contributed by atoms with Crippen LogP contribution in [-0.4, -0.2) is 24.8 Å². The number of Topliss-reactive ketones (excluding diaryl/α,β-unsaturated/α-hetero) is 1. The molecule has 1 aliphatic rings. The van der Waals surface area contributed by atoms with Crippen molar-refractivity contribution in [2.45, 2.75) is 6.42 Å². The zero-order valence-electron chi connectivity index (χ0n) is 10.5. The summed E-state index contributed by atoms with van der Waals surface area (Å²) in [6.07, 6.45) is 4.05. The van der Waals surface area contributed by atoms with Gasteiger partial charge in [0.05, 0.1) is 0 Å². The number of carbonyl (C=O) groups is 1. The van der Waals surface area contributed by atoms with Crippen molar-refractivity contribution < 1.29 is 4.79 Å². The van der Waals surface area contributed by atoms with Crippen molar-refractivity contribution in [2.24, 2.45) is 0 Å². The van der Waals surface area contributed by atoms with E-state index in [9.17, 15) is 4.79 Å². The summed E-state index contributed by atoms with van der Waals surface area (Å²) in [4.78, 5) is 13.9. The zero-order valence-corrected chi connectivity index (χ0v) is 10.5. The van der Waals surface area contributed by atoms with Gasteiger partial charge in [-0.2, -0.15) is 5.26 Å². The molecule has 0 bridgehead atoms. The lowest BCUT2D eigenvalue weighted by Gasteiger charge is -2.06. The smallest absolute Gasteiger partial charge is 0.201 e. The molecule has 0 aromatic heterocycles. The molecule has 90 valence electrons. The Balaban J connectivity index is 2.27. The third-order valence-electron chi connectivity index (χ3n) is 2.81. The van der Waals surface area contributed by atoms with E-state index in [2.05, 4.69) is 0 Å². The van der Waals surface area contributed by atoms with Gasteiger partial charge in [-0.25, -0.2) is 0 Å². The summed E-state index contributed by atoms with van der Waals surface area (Å²) < 4.78 is 0. The van der Waals surface area contributed by atoms with E-state index >= 15 is 0 Å². The molecule has 0 saturated heterocycles. The van der Waals surface area contributed by atoms with E-state index in [0.29, 0.717) is 12.0 Å². The van der Waals surface area contributed by atoms with Crippen LogP contribution in [0.15, 0.2) is 41.6 Å². The molecule has 0 fully saturated rings. The number of ketones is 1. The highest BCUT2D eigenvalue weighted by Gasteiger charge is 2.21. The molecule has 1 aliphatic carbocycles. The maximum absolute atomic E-state index is 12.2. The minimum Gasteiger partial charge on any atom is -0.382 e. The highest BCUT2D eigenvalue weighted by atomic mass is 16.1. The minimum absolute atomic E-state index is 0.178. The molecule has 0 amide bonds. The largest absolute Gasteiger partial charge is 0.382 e. The molecule has 3 heteroatoms. The van der Waals surface area contributed by atoms with E-state index < -0.39 is 0 Å². The summed E-state index contributed by atoms with van der Waals surface area (Å²) in [5.74, 6) is -0.178. The van der Waals surface area contributed by atoms with Gasteiger partial charge < -0.3 is 4.90 Å². The Hall–Kier alpha value is -2.34. The molecule has 0 saturated carbocycles. The fourth-order valence-corrected chi connectivity index (χ4v) is 2.00. The fraction of sp³-hybridized carbons (Fsp3) is 0.200. The Kier molecular flexibility index (Phi) is 3.29. The van der Waals surface area contributed by atoms with E-state index in [1.165, 1.54) is 0 Å². The predicted octanol–water partition coefficient (Wildman–Crippen LogP) is 2.16. The SMILES string of the molecule is CN(C)/C=C(\C#N)C(=O)C1=Cc2ccccc2C1. The summed E-state index contributed by atoms with van der Waals surface area (Å²) in [5.41, 5.74) is 3.08. The van der Waals surface area contributed by atoms with Gasteiger partial charge in [0.15, 0.2) is 0 Å². The number of carbonyl (C=O) groups excluding carboxylic acids is 1. The quantitative estimate of drug-likeness (QED) is 0.598. The molecular weight excluding hydrogens is 224 g/mol. The summed E-state index contributed by atoms with van der Waals surface area (Å²) >= 11 is 0. The molecule has 1 aromatic carbocycles. The molecule has 18 heavy (non-hydrogen) atoms. The third-order valence-corrected chi connectivity index (χ3v) is 2.81. The second kappa shape index (κ2) is 4.89. The van der Waals surface area contributed by atoms with Crippen molar-refractivity contribution in [3.63, 3.8) is 0 Å². The molecular formula is C15H14N2O. The van der Waals surface area contributed by atoms with Crippen LogP contribution < -0.4 is 0 Å². The third kappa shape index (κ3) is 2.33. The molecule has 1 aromatic rings. The molecule has 0 spiro atoms. The predicted molar refractivity (Wildman–Crippen MR) is 70.5 cm³/mol. The molecule has 2 rings (SSSR count). The van der Waals surface area contributed by atoms with Gasteiger partial charge in [0.25, 0.3) is 0 Å². The van der Waals surface area contributed by atoms with Crippen molar-refractivity contribution in [1.82, 2.24) is 4.90 Å². The number of nitrogens with zero attached hydrogens (tertiary/aromatic N) is 2. The zero-order chi connectivity index (χ0) is 13.1. The van der Waals surface area contributed by atoms with Crippen molar-refractivity contribution in [3.05, 3.63) is 52.7 Å². The maximum Gasteiger partial charge on any atom is 0.201 e. The lowest BCUT2D eigenvalue weighted by atomic mass is 10.0. The number of hydrogen-bond donors (Lipinski definition) is 0. The Morgan fingerprint density at radius 3 is 2.72 bits per heavy atom. The van der Waals surface area contributed by atoms with Crippen LogP contribution in [0.4, 0.5) is 0 Å². The van der Waals surface area contributed by atoms with Crippen molar-refractivity contribution in [2.75, 3.05) is 14.1 Å². The minimum atomic E-state index is -0.178. The van der Waals surface area contributed by atoms with Gasteiger partial charge in [-0.15, -0.1) is 0 Å². The van der Waals surface area contributed by atoms with E-state index in [0.717, 1.165) is 11.1 Å². The van der Waals surface area contributed by atoms with Gasteiger partial charge >= 0.3 is 0 Å². The second-order valence-electron chi connectivity index (χ2n) is 4.49. The number of allylic oxidation sites excluding steroid dienone is 2. The Bertz CT molecular complexity index is 589. The first-order valence-electron chi connectivity index (χ1n) is 5.73. The molecule has 0 atom stereocenters. The van der Waals surface area contributed by atoms with Gasteiger partial charge in [-0.3, -0.25) is 4.79 Å². The van der Waals surface area contributed by atoms with Crippen LogP contribution in [0.25, 0.3) is 6.08 Å². The fourth-order valence-electron chi connectivity index (χ4n) is 2.00. The Morgan fingerprint density at radius 2 is 2.11 bits per heavy atom. The lowest BCUT2D eigenvalue weighted by Crippen LogP contribution is -2.10. The molecule has 0 radical (unpaired) electrons. The highest BCUT2D eigenvalue weighted by molar-refractivity contribution is 6.14. The van der Waals surface area contributed by atoms with Gasteiger partial charge in [-0.1, -0.05) is 24.3 Å². The van der Waals surface area contributed by atoms with Crippen molar-refractivity contribution >= 4 is 11.9 Å². The van der Waals surface area contributed by atoms with E-state index in [1.54, 1.807) is 25.2 Å². The maximum atomic E-state index is 12.2. The van der Waals surface area contributed by atoms with Crippen LogP contribution in [0, 0.1) is 11.3 Å². The topological polar surface area (TPSA) is 44.1 Å². The van der Waals surface area contributed by atoms with Gasteiger partial charge in [-0.05, 0) is 17.2 Å². The number of nitriles is 1. The average molecular weight is 238 g/mol. The Morgan fingerprint density at radius 1 is 1.39 bits per heavy atom. The number of hydrogen-bond acceptors (Lipinski definition) is 3. The first-order valence-corrected chi connectivity index (χ1v) is 5.73. The molecule has 0 N–H and O–H groups in total. The first-order chi connectivity index (χ1) is 8.61. The summed E-state index contributed by atoms with van der Waals surface area (Å²) in [6.45, 7) is 0. The van der Waals surface area contributed by atoms with E-state index in [1.807, 2.05) is 36.4 Å². The molecule has 3 nitrogen and oxygen atoms in total. The summed E-state index contributed by atoms with van der Waals surface area (Å²) in [7, 11) is 3.59. The van der Waals surface area contributed by atoms with Crippen molar-refractivity contribution in [1.29, 1.82) is 5.26 Å². The normalized spacial score (nSPS) is 13.6. The van der Waals surface area contributed by atoms with Crippen LogP contribution in [0.2, 0.25) is 0 Å². The standard InChI is InChI=1S/C15H14N2O/c1-17(2)10-14(9-16)15(18)13-7-11-5-3-4-6-12(11)8-13/h3-7,10H,8H2,1-2H3/b14-10+.